The number of nitrogens with one attached hydrogen (secondary N) is 1. The number of pyridine rings is 2. The van der Waals surface area contributed by atoms with Crippen LogP contribution in [0.4, 0.5) is 5.69 Å². The molecule has 0 aliphatic rings. The maximum absolute atomic E-state index is 13.2. The van der Waals surface area contributed by atoms with Crippen molar-refractivity contribution in [1.29, 1.82) is 0 Å². The minimum absolute atomic E-state index is 0.149. The molecule has 5 heteroatoms. The van der Waals surface area contributed by atoms with E-state index < -0.39 is 0 Å². The minimum atomic E-state index is -0.298. The Hall–Kier alpha value is -4.51. The number of hydrogen-bond donors (Lipinski definition) is 1. The Morgan fingerprint density at radius 1 is 0.971 bits per heavy atom. The zero-order chi connectivity index (χ0) is 24.4. The maximum Gasteiger partial charge on any atom is 0.255 e. The van der Waals surface area contributed by atoms with Crippen LogP contribution in [0.1, 0.15) is 16.7 Å². The molecule has 0 aliphatic heterocycles. The summed E-state index contributed by atoms with van der Waals surface area (Å²) >= 11 is 0. The molecule has 5 nitrogen and oxygen atoms in total. The van der Waals surface area contributed by atoms with Gasteiger partial charge in [-0.2, -0.15) is 0 Å². The van der Waals surface area contributed by atoms with Crippen LogP contribution in [0.15, 0.2) is 103 Å². The van der Waals surface area contributed by atoms with E-state index in [2.05, 4.69) is 53.3 Å². The standard InChI is InChI=1S/C30H25N3O2/c1-3-28(34)32-27-18-24(14-9-20(27)2)33-29(35)16-13-23-19-31-26-15-12-22(17-25(26)30(23)33)11-10-21-7-5-4-6-8-21/h3-9,12-19H,1,10-11H2,2H3,(H,32,34). The van der Waals surface area contributed by atoms with Gasteiger partial charge >= 0.3 is 0 Å². The number of amides is 1. The van der Waals surface area contributed by atoms with E-state index in [9.17, 15) is 9.59 Å². The number of rotatable bonds is 6. The number of nitrogens with zero attached hydrogens (tertiary/aromatic N) is 2. The average Bonchev–Trinajstić information content (AvgIpc) is 2.89. The van der Waals surface area contributed by atoms with E-state index in [-0.39, 0.29) is 11.5 Å². The van der Waals surface area contributed by atoms with E-state index in [1.165, 1.54) is 17.2 Å². The zero-order valence-corrected chi connectivity index (χ0v) is 19.5. The summed E-state index contributed by atoms with van der Waals surface area (Å²) in [6, 6.07) is 25.6. The molecule has 3 aromatic carbocycles. The Kier molecular flexibility index (Phi) is 5.98. The molecule has 2 aromatic heterocycles. The number of aromatic nitrogens is 2. The van der Waals surface area contributed by atoms with Crippen LogP contribution in [0.3, 0.4) is 0 Å². The van der Waals surface area contributed by atoms with Gasteiger partial charge in [-0.3, -0.25) is 19.1 Å². The van der Waals surface area contributed by atoms with E-state index in [1.54, 1.807) is 16.8 Å². The number of hydrogen-bond acceptors (Lipinski definition) is 3. The molecule has 2 heterocycles. The second kappa shape index (κ2) is 9.39. The summed E-state index contributed by atoms with van der Waals surface area (Å²) in [6.45, 7) is 5.43. The molecule has 0 unspecified atom stereocenters. The lowest BCUT2D eigenvalue weighted by atomic mass is 10.0. The molecule has 0 saturated carbocycles. The number of carbonyl (C=O) groups is 1. The lowest BCUT2D eigenvalue weighted by molar-refractivity contribution is -0.111. The van der Waals surface area contributed by atoms with Gasteiger partial charge in [-0.15, -0.1) is 0 Å². The van der Waals surface area contributed by atoms with Gasteiger partial charge in [0.15, 0.2) is 0 Å². The Morgan fingerprint density at radius 3 is 2.57 bits per heavy atom. The summed E-state index contributed by atoms with van der Waals surface area (Å²) in [5.74, 6) is -0.298. The fourth-order valence-corrected chi connectivity index (χ4v) is 4.37. The predicted octanol–water partition coefficient (Wildman–Crippen LogP) is 5.76. The van der Waals surface area contributed by atoms with Crippen LogP contribution in [-0.2, 0) is 17.6 Å². The van der Waals surface area contributed by atoms with Gasteiger partial charge in [-0.25, -0.2) is 0 Å². The Bertz CT molecular complexity index is 1640. The molecule has 35 heavy (non-hydrogen) atoms. The third-order valence-electron chi connectivity index (χ3n) is 6.25. The van der Waals surface area contributed by atoms with Gasteiger partial charge in [0, 0.05) is 28.7 Å². The summed E-state index contributed by atoms with van der Waals surface area (Å²) in [6.07, 6.45) is 4.84. The third-order valence-corrected chi connectivity index (χ3v) is 6.25. The Balaban J connectivity index is 1.66. The number of aryl methyl sites for hydroxylation is 3. The molecule has 0 bridgehead atoms. The highest BCUT2D eigenvalue weighted by Crippen LogP contribution is 2.28. The molecule has 0 atom stereocenters. The number of benzene rings is 3. The average molecular weight is 460 g/mol. The summed E-state index contributed by atoms with van der Waals surface area (Å²) in [4.78, 5) is 29.7. The monoisotopic (exact) mass is 459 g/mol. The van der Waals surface area contributed by atoms with Gasteiger partial charge in [0.25, 0.3) is 5.56 Å². The van der Waals surface area contributed by atoms with E-state index >= 15 is 0 Å². The summed E-state index contributed by atoms with van der Waals surface area (Å²) in [5, 5.41) is 4.62. The van der Waals surface area contributed by atoms with Gasteiger partial charge < -0.3 is 5.32 Å². The first kappa shape index (κ1) is 22.3. The van der Waals surface area contributed by atoms with Crippen LogP contribution in [-0.4, -0.2) is 15.5 Å². The van der Waals surface area contributed by atoms with Crippen molar-refractivity contribution < 1.29 is 4.79 Å². The molecule has 1 N–H and O–H groups in total. The molecule has 5 rings (SSSR count). The van der Waals surface area contributed by atoms with Gasteiger partial charge in [0.2, 0.25) is 5.91 Å². The highest BCUT2D eigenvalue weighted by Gasteiger charge is 2.13. The predicted molar refractivity (Wildman–Crippen MR) is 142 cm³/mol. The van der Waals surface area contributed by atoms with Crippen molar-refractivity contribution in [3.8, 4) is 5.69 Å². The molecule has 0 radical (unpaired) electrons. The lowest BCUT2D eigenvalue weighted by Crippen LogP contribution is -2.18. The van der Waals surface area contributed by atoms with Crippen molar-refractivity contribution in [3.05, 3.63) is 125 Å². The normalized spacial score (nSPS) is 11.0. The topological polar surface area (TPSA) is 64.0 Å². The highest BCUT2D eigenvalue weighted by molar-refractivity contribution is 6.04. The minimum Gasteiger partial charge on any atom is -0.322 e. The summed E-state index contributed by atoms with van der Waals surface area (Å²) in [7, 11) is 0. The van der Waals surface area contributed by atoms with Gasteiger partial charge in [-0.05, 0) is 72.9 Å². The van der Waals surface area contributed by atoms with Crippen LogP contribution >= 0.6 is 0 Å². The molecule has 172 valence electrons. The number of anilines is 1. The molecule has 0 spiro atoms. The van der Waals surface area contributed by atoms with Crippen molar-refractivity contribution in [3.63, 3.8) is 0 Å². The summed E-state index contributed by atoms with van der Waals surface area (Å²) < 4.78 is 1.70. The first-order valence-electron chi connectivity index (χ1n) is 11.6. The fourth-order valence-electron chi connectivity index (χ4n) is 4.37. The van der Waals surface area contributed by atoms with E-state index in [0.717, 1.165) is 40.2 Å². The smallest absolute Gasteiger partial charge is 0.255 e. The highest BCUT2D eigenvalue weighted by atomic mass is 16.1. The first-order valence-corrected chi connectivity index (χ1v) is 11.6. The van der Waals surface area contributed by atoms with Crippen molar-refractivity contribution >= 4 is 33.4 Å². The molecular formula is C30H25N3O2. The second-order valence-electron chi connectivity index (χ2n) is 8.60. The molecule has 0 fully saturated rings. The van der Waals surface area contributed by atoms with E-state index in [1.807, 2.05) is 43.3 Å². The van der Waals surface area contributed by atoms with Gasteiger partial charge in [-0.1, -0.05) is 49.0 Å². The third kappa shape index (κ3) is 4.49. The molecule has 0 aliphatic carbocycles. The van der Waals surface area contributed by atoms with Gasteiger partial charge in [0.1, 0.15) is 0 Å². The molecular weight excluding hydrogens is 434 g/mol. The van der Waals surface area contributed by atoms with Crippen molar-refractivity contribution in [2.45, 2.75) is 19.8 Å². The fraction of sp³-hybridized carbons (Fsp3) is 0.100. The Labute approximate surface area is 203 Å². The summed E-state index contributed by atoms with van der Waals surface area (Å²) in [5.41, 5.74) is 6.15. The van der Waals surface area contributed by atoms with Crippen molar-refractivity contribution in [2.24, 2.45) is 0 Å². The quantitative estimate of drug-likeness (QED) is 0.259. The second-order valence-corrected chi connectivity index (χ2v) is 8.60. The number of carbonyl (C=O) groups excluding carboxylic acids is 1. The van der Waals surface area contributed by atoms with Crippen molar-refractivity contribution in [2.75, 3.05) is 5.32 Å². The first-order chi connectivity index (χ1) is 17.0. The van der Waals surface area contributed by atoms with Crippen LogP contribution < -0.4 is 10.9 Å². The molecule has 1 amide bonds. The molecule has 5 aromatic rings. The van der Waals surface area contributed by atoms with Crippen LogP contribution in [0.25, 0.3) is 27.5 Å². The van der Waals surface area contributed by atoms with Gasteiger partial charge in [0.05, 0.1) is 16.7 Å². The van der Waals surface area contributed by atoms with E-state index in [4.69, 9.17) is 0 Å². The van der Waals surface area contributed by atoms with Crippen LogP contribution in [0, 0.1) is 6.92 Å². The largest absolute Gasteiger partial charge is 0.322 e. The van der Waals surface area contributed by atoms with E-state index in [0.29, 0.717) is 11.4 Å². The molecule has 0 saturated heterocycles. The van der Waals surface area contributed by atoms with Crippen LogP contribution in [0.2, 0.25) is 0 Å². The van der Waals surface area contributed by atoms with Crippen LogP contribution in [0.5, 0.6) is 0 Å². The SMILES string of the molecule is C=CC(=O)Nc1cc(-n2c(=O)ccc3cnc4ccc(CCc5ccccc5)cc4c32)ccc1C. The van der Waals surface area contributed by atoms with Crippen molar-refractivity contribution in [1.82, 2.24) is 9.55 Å². The number of fused-ring (bicyclic) bond motifs is 3. The maximum atomic E-state index is 13.2. The lowest BCUT2D eigenvalue weighted by Gasteiger charge is -2.15. The zero-order valence-electron chi connectivity index (χ0n) is 19.5. The Morgan fingerprint density at radius 2 is 1.77 bits per heavy atom.